The van der Waals surface area contributed by atoms with Crippen molar-refractivity contribution in [1.29, 1.82) is 5.26 Å². The average molecular weight is 344 g/mol. The highest BCUT2D eigenvalue weighted by atomic mass is 16.5. The van der Waals surface area contributed by atoms with E-state index in [1.807, 2.05) is 32.0 Å². The quantitative estimate of drug-likeness (QED) is 0.445. The molecule has 1 aliphatic heterocycles. The summed E-state index contributed by atoms with van der Waals surface area (Å²) < 4.78 is 16.4. The van der Waals surface area contributed by atoms with Gasteiger partial charge in [0.15, 0.2) is 0 Å². The van der Waals surface area contributed by atoms with Gasteiger partial charge in [0, 0.05) is 37.8 Å². The van der Waals surface area contributed by atoms with Crippen molar-refractivity contribution in [2.24, 2.45) is 0 Å². The minimum absolute atomic E-state index is 0.0318. The molecular formula is C19H24N2O4. The van der Waals surface area contributed by atoms with Gasteiger partial charge >= 0.3 is 0 Å². The summed E-state index contributed by atoms with van der Waals surface area (Å²) in [4.78, 5) is 12.2. The van der Waals surface area contributed by atoms with Crippen LogP contribution in [-0.4, -0.2) is 38.9 Å². The van der Waals surface area contributed by atoms with Crippen LogP contribution in [0.4, 0.5) is 0 Å². The van der Waals surface area contributed by atoms with Crippen molar-refractivity contribution < 1.29 is 19.0 Å². The number of carbonyl (C=O) groups is 1. The van der Waals surface area contributed by atoms with E-state index in [1.54, 1.807) is 13.2 Å². The third kappa shape index (κ3) is 4.97. The van der Waals surface area contributed by atoms with Gasteiger partial charge < -0.3 is 19.5 Å². The highest BCUT2D eigenvalue weighted by Crippen LogP contribution is 2.36. The molecule has 0 radical (unpaired) electrons. The molecule has 0 saturated carbocycles. The van der Waals surface area contributed by atoms with Crippen molar-refractivity contribution in [3.05, 3.63) is 28.8 Å². The van der Waals surface area contributed by atoms with Crippen LogP contribution in [0.15, 0.2) is 17.7 Å². The van der Waals surface area contributed by atoms with Crippen LogP contribution < -0.4 is 14.8 Å². The van der Waals surface area contributed by atoms with Crippen LogP contribution in [0.25, 0.3) is 6.08 Å². The Morgan fingerprint density at radius 2 is 2.32 bits per heavy atom. The van der Waals surface area contributed by atoms with Crippen LogP contribution in [0.3, 0.4) is 0 Å². The first-order valence-corrected chi connectivity index (χ1v) is 8.44. The summed E-state index contributed by atoms with van der Waals surface area (Å²) in [6.07, 6.45) is 3.17. The van der Waals surface area contributed by atoms with E-state index in [0.717, 1.165) is 17.7 Å². The molecule has 1 unspecified atom stereocenters. The number of fused-ring (bicyclic) bond motifs is 1. The third-order valence-electron chi connectivity index (χ3n) is 3.80. The van der Waals surface area contributed by atoms with Gasteiger partial charge in [0.25, 0.3) is 5.91 Å². The molecule has 0 aromatic heterocycles. The first kappa shape index (κ1) is 18.8. The summed E-state index contributed by atoms with van der Waals surface area (Å²) >= 11 is 0. The lowest BCUT2D eigenvalue weighted by Gasteiger charge is -2.11. The van der Waals surface area contributed by atoms with Crippen LogP contribution in [0.1, 0.15) is 31.4 Å². The summed E-state index contributed by atoms with van der Waals surface area (Å²) in [5, 5.41) is 12.1. The Balaban J connectivity index is 2.23. The lowest BCUT2D eigenvalue weighted by Crippen LogP contribution is -2.26. The number of nitrogens with zero attached hydrogens (tertiary/aromatic N) is 1. The molecule has 2 rings (SSSR count). The number of nitriles is 1. The maximum atomic E-state index is 12.2. The molecule has 0 aliphatic carbocycles. The van der Waals surface area contributed by atoms with E-state index >= 15 is 0 Å². The molecule has 6 nitrogen and oxygen atoms in total. The zero-order chi connectivity index (χ0) is 18.2. The van der Waals surface area contributed by atoms with Crippen molar-refractivity contribution in [1.82, 2.24) is 5.32 Å². The number of carbonyl (C=O) groups excluding carboxylic acids is 1. The van der Waals surface area contributed by atoms with Gasteiger partial charge in [0.05, 0.1) is 6.61 Å². The fraction of sp³-hybridized carbons (Fsp3) is 0.474. The molecule has 1 atom stereocenters. The maximum absolute atomic E-state index is 12.2. The second-order valence-corrected chi connectivity index (χ2v) is 5.84. The van der Waals surface area contributed by atoms with Crippen molar-refractivity contribution in [2.45, 2.75) is 32.8 Å². The lowest BCUT2D eigenvalue weighted by atomic mass is 10.0. The van der Waals surface area contributed by atoms with E-state index in [9.17, 15) is 10.1 Å². The number of ether oxygens (including phenoxy) is 3. The Hall–Kier alpha value is -2.52. The van der Waals surface area contributed by atoms with Gasteiger partial charge in [-0.05, 0) is 38.5 Å². The molecule has 0 fully saturated rings. The number of hydrogen-bond acceptors (Lipinski definition) is 5. The van der Waals surface area contributed by atoms with E-state index in [1.165, 1.54) is 0 Å². The molecule has 134 valence electrons. The van der Waals surface area contributed by atoms with Crippen molar-refractivity contribution in [3.8, 4) is 17.6 Å². The number of nitrogens with one attached hydrogen (secondary N) is 1. The number of hydrogen-bond donors (Lipinski definition) is 1. The molecule has 1 aromatic rings. The number of rotatable bonds is 8. The topological polar surface area (TPSA) is 80.6 Å². The number of methoxy groups -OCH3 is 1. The van der Waals surface area contributed by atoms with Crippen LogP contribution in [-0.2, 0) is 16.0 Å². The van der Waals surface area contributed by atoms with Crippen molar-refractivity contribution in [3.63, 3.8) is 0 Å². The van der Waals surface area contributed by atoms with Gasteiger partial charge in [-0.2, -0.15) is 5.26 Å². The summed E-state index contributed by atoms with van der Waals surface area (Å²) in [6.45, 7) is 5.41. The first-order valence-electron chi connectivity index (χ1n) is 8.44. The summed E-state index contributed by atoms with van der Waals surface area (Å²) in [5.74, 6) is 1.02. The normalized spacial score (nSPS) is 15.9. The van der Waals surface area contributed by atoms with E-state index in [4.69, 9.17) is 14.2 Å². The van der Waals surface area contributed by atoms with Gasteiger partial charge in [0.2, 0.25) is 0 Å². The van der Waals surface area contributed by atoms with Crippen LogP contribution >= 0.6 is 0 Å². The largest absolute Gasteiger partial charge is 0.493 e. The highest BCUT2D eigenvalue weighted by molar-refractivity contribution is 6.02. The van der Waals surface area contributed by atoms with Crippen molar-refractivity contribution >= 4 is 12.0 Å². The van der Waals surface area contributed by atoms with E-state index in [2.05, 4.69) is 5.32 Å². The molecule has 1 heterocycles. The summed E-state index contributed by atoms with van der Waals surface area (Å²) in [5.41, 5.74) is 1.78. The predicted molar refractivity (Wildman–Crippen MR) is 94.5 cm³/mol. The first-order chi connectivity index (χ1) is 12.1. The fourth-order valence-electron chi connectivity index (χ4n) is 2.67. The maximum Gasteiger partial charge on any atom is 0.261 e. The standard InChI is InChI=1S/C19H24N2O4/c1-4-24-17-10-14-8-13(2)25-18(14)11-15(17)9-16(12-20)19(22)21-6-5-7-23-3/h9-11,13H,4-8H2,1-3H3,(H,21,22)/b16-9+. The molecule has 0 bridgehead atoms. The molecule has 0 spiro atoms. The van der Waals surface area contributed by atoms with E-state index in [0.29, 0.717) is 37.5 Å². The fourth-order valence-corrected chi connectivity index (χ4v) is 2.67. The Kier molecular flexibility index (Phi) is 6.84. The van der Waals surface area contributed by atoms with Gasteiger partial charge in [-0.25, -0.2) is 0 Å². The molecule has 1 N–H and O–H groups in total. The van der Waals surface area contributed by atoms with Gasteiger partial charge in [-0.1, -0.05) is 0 Å². The molecule has 1 aromatic carbocycles. The Bertz CT molecular complexity index is 691. The SMILES string of the molecule is CCOc1cc2c(cc1/C=C(\C#N)C(=O)NCCCOC)OC(C)C2. The Morgan fingerprint density at radius 1 is 1.52 bits per heavy atom. The summed E-state index contributed by atoms with van der Waals surface area (Å²) in [7, 11) is 1.61. The zero-order valence-electron chi connectivity index (χ0n) is 14.9. The lowest BCUT2D eigenvalue weighted by molar-refractivity contribution is -0.117. The van der Waals surface area contributed by atoms with Crippen LogP contribution in [0.2, 0.25) is 0 Å². The smallest absolute Gasteiger partial charge is 0.261 e. The molecule has 1 amide bonds. The Labute approximate surface area is 148 Å². The minimum atomic E-state index is -0.407. The van der Waals surface area contributed by atoms with Crippen LogP contribution in [0, 0.1) is 11.3 Å². The van der Waals surface area contributed by atoms with E-state index < -0.39 is 5.91 Å². The Morgan fingerprint density at radius 3 is 3.00 bits per heavy atom. The van der Waals surface area contributed by atoms with Crippen molar-refractivity contribution in [2.75, 3.05) is 26.9 Å². The van der Waals surface area contributed by atoms with Gasteiger partial charge in [0.1, 0.15) is 29.2 Å². The van der Waals surface area contributed by atoms with Crippen LogP contribution in [0.5, 0.6) is 11.5 Å². The second-order valence-electron chi connectivity index (χ2n) is 5.84. The monoisotopic (exact) mass is 344 g/mol. The third-order valence-corrected chi connectivity index (χ3v) is 3.80. The molecule has 6 heteroatoms. The van der Waals surface area contributed by atoms with Gasteiger partial charge in [-0.15, -0.1) is 0 Å². The molecule has 0 saturated heterocycles. The van der Waals surface area contributed by atoms with E-state index in [-0.39, 0.29) is 11.7 Å². The number of amides is 1. The minimum Gasteiger partial charge on any atom is -0.493 e. The second kappa shape index (κ2) is 9.09. The van der Waals surface area contributed by atoms with Gasteiger partial charge in [-0.3, -0.25) is 4.79 Å². The molecule has 25 heavy (non-hydrogen) atoms. The number of benzene rings is 1. The average Bonchev–Trinajstić information content (AvgIpc) is 2.95. The zero-order valence-corrected chi connectivity index (χ0v) is 14.9. The molecular weight excluding hydrogens is 320 g/mol. The predicted octanol–water partition coefficient (Wildman–Crippen LogP) is 2.47. The summed E-state index contributed by atoms with van der Waals surface area (Å²) in [6, 6.07) is 5.72. The molecule has 1 aliphatic rings. The highest BCUT2D eigenvalue weighted by Gasteiger charge is 2.22.